The summed E-state index contributed by atoms with van der Waals surface area (Å²) >= 11 is 0. The molecular weight excluding hydrogens is 375 g/mol. The molecular formula is C22H23FN2O2S. The zero-order valence-corrected chi connectivity index (χ0v) is 17.0. The van der Waals surface area contributed by atoms with Crippen LogP contribution in [0.4, 0.5) is 4.39 Å². The van der Waals surface area contributed by atoms with Gasteiger partial charge in [0.05, 0.1) is 10.9 Å². The van der Waals surface area contributed by atoms with E-state index >= 15 is 0 Å². The minimum atomic E-state index is -3.82. The van der Waals surface area contributed by atoms with E-state index in [0.29, 0.717) is 28.1 Å². The van der Waals surface area contributed by atoms with Crippen molar-refractivity contribution in [3.63, 3.8) is 0 Å². The molecule has 0 saturated carbocycles. The first-order valence-electron chi connectivity index (χ1n) is 9.30. The van der Waals surface area contributed by atoms with Gasteiger partial charge in [0, 0.05) is 30.5 Å². The zero-order chi connectivity index (χ0) is 20.1. The van der Waals surface area contributed by atoms with Gasteiger partial charge in [-0.1, -0.05) is 35.9 Å². The number of hydrogen-bond donors (Lipinski definition) is 0. The third kappa shape index (κ3) is 2.97. The van der Waals surface area contributed by atoms with Crippen LogP contribution in [-0.2, 0) is 16.6 Å². The Labute approximate surface area is 165 Å². The van der Waals surface area contributed by atoms with Crippen molar-refractivity contribution >= 4 is 10.0 Å². The summed E-state index contributed by atoms with van der Waals surface area (Å²) in [6.45, 7) is 6.41. The third-order valence-electron chi connectivity index (χ3n) is 5.37. The van der Waals surface area contributed by atoms with Crippen LogP contribution >= 0.6 is 0 Å². The van der Waals surface area contributed by atoms with E-state index in [9.17, 15) is 12.8 Å². The first-order valence-corrected chi connectivity index (χ1v) is 10.7. The third-order valence-corrected chi connectivity index (χ3v) is 7.54. The van der Waals surface area contributed by atoms with Crippen LogP contribution in [0.3, 0.4) is 0 Å². The van der Waals surface area contributed by atoms with Gasteiger partial charge >= 0.3 is 0 Å². The van der Waals surface area contributed by atoms with E-state index in [2.05, 4.69) is 0 Å². The predicted molar refractivity (Wildman–Crippen MR) is 107 cm³/mol. The molecule has 3 aromatic rings. The minimum absolute atomic E-state index is 0.287. The Hall–Kier alpha value is -2.44. The van der Waals surface area contributed by atoms with Gasteiger partial charge in [0.25, 0.3) is 0 Å². The minimum Gasteiger partial charge on any atom is -0.348 e. The van der Waals surface area contributed by atoms with E-state index < -0.39 is 21.9 Å². The van der Waals surface area contributed by atoms with Crippen LogP contribution in [0.25, 0.3) is 0 Å². The standard InChI is InChI=1S/C22H23FN2O2S/c1-15-13-16(2)22(17(3)14-15)28(26,27)25-12-11-24-10-6-9-20(24)21(25)18-7-4-5-8-19(18)23/h4-10,13-14,21H,11-12H2,1-3H3/t21-/m1/s1. The lowest BCUT2D eigenvalue weighted by molar-refractivity contribution is 0.293. The largest absolute Gasteiger partial charge is 0.348 e. The average Bonchev–Trinajstić information content (AvgIpc) is 3.09. The van der Waals surface area contributed by atoms with E-state index in [4.69, 9.17) is 0 Å². The van der Waals surface area contributed by atoms with Gasteiger partial charge in [-0.3, -0.25) is 0 Å². The number of rotatable bonds is 3. The molecule has 1 aromatic heterocycles. The van der Waals surface area contributed by atoms with Gasteiger partial charge in [0.2, 0.25) is 10.0 Å². The Balaban J connectivity index is 1.92. The molecule has 0 spiro atoms. The number of halogens is 1. The first-order chi connectivity index (χ1) is 13.3. The summed E-state index contributed by atoms with van der Waals surface area (Å²) < 4.78 is 45.7. The van der Waals surface area contributed by atoms with E-state index in [0.717, 1.165) is 11.3 Å². The summed E-state index contributed by atoms with van der Waals surface area (Å²) in [7, 11) is -3.82. The molecule has 1 aliphatic rings. The predicted octanol–water partition coefficient (Wildman–Crippen LogP) is 4.35. The quantitative estimate of drug-likeness (QED) is 0.658. The molecule has 28 heavy (non-hydrogen) atoms. The molecule has 0 amide bonds. The summed E-state index contributed by atoms with van der Waals surface area (Å²) in [5, 5.41) is 0. The first kappa shape index (κ1) is 18.9. The van der Waals surface area contributed by atoms with Crippen molar-refractivity contribution < 1.29 is 12.8 Å². The molecule has 0 fully saturated rings. The van der Waals surface area contributed by atoms with Gasteiger partial charge in [-0.05, 0) is 50.1 Å². The van der Waals surface area contributed by atoms with E-state index in [1.807, 2.05) is 55.8 Å². The molecule has 2 heterocycles. The van der Waals surface area contributed by atoms with E-state index in [1.165, 1.54) is 10.4 Å². The monoisotopic (exact) mass is 398 g/mol. The van der Waals surface area contributed by atoms with Crippen molar-refractivity contribution in [2.75, 3.05) is 6.54 Å². The van der Waals surface area contributed by atoms with E-state index in [-0.39, 0.29) is 6.54 Å². The molecule has 0 unspecified atom stereocenters. The molecule has 6 heteroatoms. The summed E-state index contributed by atoms with van der Waals surface area (Å²) in [5.41, 5.74) is 3.60. The number of sulfonamides is 1. The van der Waals surface area contributed by atoms with Gasteiger partial charge in [-0.25, -0.2) is 12.8 Å². The lowest BCUT2D eigenvalue weighted by Gasteiger charge is -2.37. The average molecular weight is 399 g/mol. The second kappa shape index (κ2) is 6.87. The maximum absolute atomic E-state index is 14.7. The van der Waals surface area contributed by atoms with E-state index in [1.54, 1.807) is 18.2 Å². The van der Waals surface area contributed by atoms with Crippen molar-refractivity contribution in [1.82, 2.24) is 8.87 Å². The Bertz CT molecular complexity index is 1130. The van der Waals surface area contributed by atoms with Crippen molar-refractivity contribution in [1.29, 1.82) is 0 Å². The molecule has 4 rings (SSSR count). The number of hydrogen-bond acceptors (Lipinski definition) is 2. The molecule has 0 radical (unpaired) electrons. The van der Waals surface area contributed by atoms with Crippen molar-refractivity contribution in [3.8, 4) is 0 Å². The molecule has 0 N–H and O–H groups in total. The molecule has 146 valence electrons. The zero-order valence-electron chi connectivity index (χ0n) is 16.2. The van der Waals surface area contributed by atoms with Crippen molar-refractivity contribution in [2.45, 2.75) is 38.3 Å². The highest BCUT2D eigenvalue weighted by atomic mass is 32.2. The molecule has 0 aliphatic carbocycles. The van der Waals surface area contributed by atoms with Gasteiger partial charge in [-0.15, -0.1) is 0 Å². The number of fused-ring (bicyclic) bond motifs is 1. The highest BCUT2D eigenvalue weighted by Crippen LogP contribution is 2.38. The highest BCUT2D eigenvalue weighted by molar-refractivity contribution is 7.89. The fraction of sp³-hybridized carbons (Fsp3) is 0.273. The van der Waals surface area contributed by atoms with Crippen molar-refractivity contribution in [2.24, 2.45) is 0 Å². The van der Waals surface area contributed by atoms with Gasteiger partial charge in [-0.2, -0.15) is 4.31 Å². The molecule has 2 aromatic carbocycles. The Morgan fingerprint density at radius 3 is 2.32 bits per heavy atom. The molecule has 0 bridgehead atoms. The number of benzene rings is 2. The highest BCUT2D eigenvalue weighted by Gasteiger charge is 2.39. The van der Waals surface area contributed by atoms with Crippen LogP contribution in [0.5, 0.6) is 0 Å². The molecule has 1 aliphatic heterocycles. The van der Waals surface area contributed by atoms with Crippen LogP contribution < -0.4 is 0 Å². The fourth-order valence-corrected chi connectivity index (χ4v) is 6.31. The van der Waals surface area contributed by atoms with Crippen LogP contribution in [0.15, 0.2) is 59.6 Å². The lowest BCUT2D eigenvalue weighted by Crippen LogP contribution is -2.43. The second-order valence-corrected chi connectivity index (χ2v) is 9.22. The SMILES string of the molecule is Cc1cc(C)c(S(=O)(=O)N2CCn3cccc3[C@H]2c2ccccc2F)c(C)c1. The van der Waals surface area contributed by atoms with Gasteiger partial charge < -0.3 is 4.57 Å². The maximum atomic E-state index is 14.7. The number of nitrogens with zero attached hydrogens (tertiary/aromatic N) is 2. The Morgan fingerprint density at radius 2 is 1.64 bits per heavy atom. The normalized spacial score (nSPS) is 17.5. The smallest absolute Gasteiger partial charge is 0.244 e. The summed E-state index contributed by atoms with van der Waals surface area (Å²) in [6, 6.07) is 13.2. The Kier molecular flexibility index (Phi) is 4.63. The second-order valence-electron chi connectivity index (χ2n) is 7.39. The molecule has 1 atom stereocenters. The van der Waals surface area contributed by atoms with Crippen LogP contribution in [0.2, 0.25) is 0 Å². The van der Waals surface area contributed by atoms with Gasteiger partial charge in [0.1, 0.15) is 5.82 Å². The van der Waals surface area contributed by atoms with Crippen molar-refractivity contribution in [3.05, 3.63) is 88.5 Å². The van der Waals surface area contributed by atoms with Crippen LogP contribution in [0.1, 0.15) is 34.0 Å². The Morgan fingerprint density at radius 1 is 0.964 bits per heavy atom. The topological polar surface area (TPSA) is 42.3 Å². The molecule has 0 saturated heterocycles. The number of aromatic nitrogens is 1. The fourth-order valence-electron chi connectivity index (χ4n) is 4.32. The summed E-state index contributed by atoms with van der Waals surface area (Å²) in [5.74, 6) is -0.403. The summed E-state index contributed by atoms with van der Waals surface area (Å²) in [6.07, 6.45) is 1.91. The van der Waals surface area contributed by atoms with Crippen LogP contribution in [0, 0.1) is 26.6 Å². The van der Waals surface area contributed by atoms with Gasteiger partial charge in [0.15, 0.2) is 0 Å². The van der Waals surface area contributed by atoms with Crippen LogP contribution in [-0.4, -0.2) is 23.8 Å². The molecule has 4 nitrogen and oxygen atoms in total. The lowest BCUT2D eigenvalue weighted by atomic mass is 10.0. The summed E-state index contributed by atoms with van der Waals surface area (Å²) in [4.78, 5) is 0.319. The number of aryl methyl sites for hydroxylation is 3. The maximum Gasteiger partial charge on any atom is 0.244 e.